The summed E-state index contributed by atoms with van der Waals surface area (Å²) in [6.45, 7) is 1.97. The molecule has 6 heteroatoms. The first-order valence-electron chi connectivity index (χ1n) is 6.15. The molecule has 0 bridgehead atoms. The molecule has 0 aliphatic carbocycles. The highest BCUT2D eigenvalue weighted by Crippen LogP contribution is 2.32. The smallest absolute Gasteiger partial charge is 0.224 e. The third-order valence-corrected chi connectivity index (χ3v) is 3.32. The number of halogens is 1. The molecule has 0 radical (unpaired) electrons. The topological polar surface area (TPSA) is 50.3 Å². The van der Waals surface area contributed by atoms with Crippen molar-refractivity contribution in [3.8, 4) is 5.75 Å². The number of benzene rings is 1. The predicted octanol–water partition coefficient (Wildman–Crippen LogP) is 3.26. The highest BCUT2D eigenvalue weighted by atomic mass is 35.5. The van der Waals surface area contributed by atoms with Crippen molar-refractivity contribution in [3.63, 3.8) is 0 Å². The van der Waals surface area contributed by atoms with Crippen molar-refractivity contribution in [3.05, 3.63) is 35.0 Å². The zero-order valence-electron chi connectivity index (χ0n) is 11.9. The van der Waals surface area contributed by atoms with Gasteiger partial charge in [0.25, 0.3) is 0 Å². The van der Waals surface area contributed by atoms with Gasteiger partial charge in [-0.1, -0.05) is 11.6 Å². The molecule has 0 aliphatic rings. The van der Waals surface area contributed by atoms with E-state index in [0.717, 1.165) is 17.1 Å². The van der Waals surface area contributed by atoms with Gasteiger partial charge in [-0.25, -0.2) is 4.98 Å². The van der Waals surface area contributed by atoms with E-state index >= 15 is 0 Å². The number of nitrogens with one attached hydrogen (secondary N) is 1. The third-order valence-electron chi connectivity index (χ3n) is 3.01. The van der Waals surface area contributed by atoms with Crippen molar-refractivity contribution in [1.29, 1.82) is 0 Å². The molecule has 20 heavy (non-hydrogen) atoms. The Morgan fingerprint density at radius 3 is 2.75 bits per heavy atom. The molecule has 0 aliphatic heterocycles. The van der Waals surface area contributed by atoms with E-state index in [1.54, 1.807) is 20.4 Å². The van der Waals surface area contributed by atoms with Gasteiger partial charge < -0.3 is 15.0 Å². The highest BCUT2D eigenvalue weighted by molar-refractivity contribution is 6.32. The standard InChI is InChI=1S/C14H17ClN4O/c1-9-8-17-14(16-2)18-13(9)19(3)10-5-6-11(15)12(7-10)20-4/h5-8H,1-4H3,(H,16,17,18). The Bertz CT molecular complexity index is 618. The van der Waals surface area contributed by atoms with Crippen LogP contribution in [0.1, 0.15) is 5.56 Å². The van der Waals surface area contributed by atoms with Crippen LogP contribution in [0.3, 0.4) is 0 Å². The van der Waals surface area contributed by atoms with Gasteiger partial charge >= 0.3 is 0 Å². The Labute approximate surface area is 123 Å². The van der Waals surface area contributed by atoms with Crippen molar-refractivity contribution < 1.29 is 4.74 Å². The van der Waals surface area contributed by atoms with Gasteiger partial charge in [0.2, 0.25) is 5.95 Å². The van der Waals surface area contributed by atoms with Crippen LogP contribution in [0.15, 0.2) is 24.4 Å². The van der Waals surface area contributed by atoms with Gasteiger partial charge in [-0.3, -0.25) is 0 Å². The molecule has 5 nitrogen and oxygen atoms in total. The minimum absolute atomic E-state index is 0.582. The first-order valence-corrected chi connectivity index (χ1v) is 6.53. The van der Waals surface area contributed by atoms with E-state index in [9.17, 15) is 0 Å². The molecule has 0 fully saturated rings. The average Bonchev–Trinajstić information content (AvgIpc) is 2.47. The molecule has 1 N–H and O–H groups in total. The fourth-order valence-electron chi connectivity index (χ4n) is 1.87. The molecule has 1 aromatic carbocycles. The molecule has 2 aromatic rings. The van der Waals surface area contributed by atoms with Crippen molar-refractivity contribution in [2.24, 2.45) is 0 Å². The highest BCUT2D eigenvalue weighted by Gasteiger charge is 2.12. The number of hydrogen-bond donors (Lipinski definition) is 1. The first-order chi connectivity index (χ1) is 9.56. The molecule has 0 unspecified atom stereocenters. The van der Waals surface area contributed by atoms with Gasteiger partial charge in [0, 0.05) is 37.6 Å². The Balaban J connectivity index is 2.42. The molecule has 1 aromatic heterocycles. The fourth-order valence-corrected chi connectivity index (χ4v) is 2.07. The lowest BCUT2D eigenvalue weighted by atomic mass is 10.2. The zero-order valence-corrected chi connectivity index (χ0v) is 12.7. The van der Waals surface area contributed by atoms with Crippen LogP contribution in [0.2, 0.25) is 5.02 Å². The predicted molar refractivity (Wildman–Crippen MR) is 82.4 cm³/mol. The Kier molecular flexibility index (Phi) is 4.29. The second-order valence-corrected chi connectivity index (χ2v) is 4.74. The molecule has 0 atom stereocenters. The van der Waals surface area contributed by atoms with Crippen LogP contribution in [0, 0.1) is 6.92 Å². The number of rotatable bonds is 4. The van der Waals surface area contributed by atoms with E-state index < -0.39 is 0 Å². The maximum atomic E-state index is 6.05. The second-order valence-electron chi connectivity index (χ2n) is 4.33. The lowest BCUT2D eigenvalue weighted by molar-refractivity contribution is 0.415. The van der Waals surface area contributed by atoms with E-state index in [1.807, 2.05) is 37.1 Å². The Hall–Kier alpha value is -2.01. The Morgan fingerprint density at radius 1 is 1.35 bits per heavy atom. The van der Waals surface area contributed by atoms with Crippen molar-refractivity contribution in [1.82, 2.24) is 9.97 Å². The fraction of sp³-hybridized carbons (Fsp3) is 0.286. The second kappa shape index (κ2) is 5.96. The number of hydrogen-bond acceptors (Lipinski definition) is 5. The summed E-state index contributed by atoms with van der Waals surface area (Å²) in [6.07, 6.45) is 1.79. The van der Waals surface area contributed by atoms with E-state index in [1.165, 1.54) is 0 Å². The molecular weight excluding hydrogens is 276 g/mol. The molecule has 2 rings (SSSR count). The Morgan fingerprint density at radius 2 is 2.10 bits per heavy atom. The van der Waals surface area contributed by atoms with Crippen LogP contribution >= 0.6 is 11.6 Å². The van der Waals surface area contributed by atoms with Crippen LogP contribution in [0.5, 0.6) is 5.75 Å². The number of ether oxygens (including phenoxy) is 1. The maximum absolute atomic E-state index is 6.05. The largest absolute Gasteiger partial charge is 0.495 e. The lowest BCUT2D eigenvalue weighted by Gasteiger charge is -2.21. The van der Waals surface area contributed by atoms with Crippen LogP contribution in [0.4, 0.5) is 17.5 Å². The van der Waals surface area contributed by atoms with Gasteiger partial charge in [-0.05, 0) is 19.1 Å². The summed E-state index contributed by atoms with van der Waals surface area (Å²) in [5, 5.41) is 3.52. The van der Waals surface area contributed by atoms with Crippen LogP contribution in [-0.2, 0) is 0 Å². The number of methoxy groups -OCH3 is 1. The quantitative estimate of drug-likeness (QED) is 0.937. The normalized spacial score (nSPS) is 10.2. The molecule has 1 heterocycles. The number of aromatic nitrogens is 2. The summed E-state index contributed by atoms with van der Waals surface area (Å²) in [5.74, 6) is 2.05. The van der Waals surface area contributed by atoms with Gasteiger partial charge in [0.15, 0.2) is 0 Å². The number of anilines is 3. The SMILES string of the molecule is CNc1ncc(C)c(N(C)c2ccc(Cl)c(OC)c2)n1. The van der Waals surface area contributed by atoms with Gasteiger partial charge in [-0.15, -0.1) is 0 Å². The zero-order chi connectivity index (χ0) is 14.7. The minimum Gasteiger partial charge on any atom is -0.495 e. The monoisotopic (exact) mass is 292 g/mol. The van der Waals surface area contributed by atoms with E-state index in [0.29, 0.717) is 16.7 Å². The summed E-state index contributed by atoms with van der Waals surface area (Å²) in [4.78, 5) is 10.6. The summed E-state index contributed by atoms with van der Waals surface area (Å²) in [7, 11) is 5.33. The van der Waals surface area contributed by atoms with E-state index in [-0.39, 0.29) is 0 Å². The van der Waals surface area contributed by atoms with Crippen LogP contribution in [0.25, 0.3) is 0 Å². The van der Waals surface area contributed by atoms with E-state index in [4.69, 9.17) is 16.3 Å². The van der Waals surface area contributed by atoms with Crippen molar-refractivity contribution in [2.75, 3.05) is 31.4 Å². The summed E-state index contributed by atoms with van der Waals surface area (Å²) in [6, 6.07) is 5.61. The maximum Gasteiger partial charge on any atom is 0.224 e. The molecule has 0 amide bonds. The average molecular weight is 293 g/mol. The molecule has 0 saturated heterocycles. The van der Waals surface area contributed by atoms with Crippen molar-refractivity contribution >= 4 is 29.1 Å². The van der Waals surface area contributed by atoms with Gasteiger partial charge in [0.1, 0.15) is 11.6 Å². The van der Waals surface area contributed by atoms with Gasteiger partial charge in [0.05, 0.1) is 12.1 Å². The lowest BCUT2D eigenvalue weighted by Crippen LogP contribution is -2.14. The van der Waals surface area contributed by atoms with Crippen molar-refractivity contribution in [2.45, 2.75) is 6.92 Å². The third kappa shape index (κ3) is 2.77. The van der Waals surface area contributed by atoms with Gasteiger partial charge in [-0.2, -0.15) is 4.98 Å². The van der Waals surface area contributed by atoms with Crippen LogP contribution < -0.4 is 15.0 Å². The summed E-state index contributed by atoms with van der Waals surface area (Å²) in [5.41, 5.74) is 1.93. The number of aryl methyl sites for hydroxylation is 1. The summed E-state index contributed by atoms with van der Waals surface area (Å²) < 4.78 is 5.24. The number of nitrogens with zero attached hydrogens (tertiary/aromatic N) is 3. The van der Waals surface area contributed by atoms with E-state index in [2.05, 4.69) is 15.3 Å². The molecule has 0 saturated carbocycles. The minimum atomic E-state index is 0.582. The summed E-state index contributed by atoms with van der Waals surface area (Å²) >= 11 is 6.05. The first kappa shape index (κ1) is 14.4. The van der Waals surface area contributed by atoms with Crippen LogP contribution in [-0.4, -0.2) is 31.2 Å². The molecule has 106 valence electrons. The molecular formula is C14H17ClN4O. The molecule has 0 spiro atoms.